The summed E-state index contributed by atoms with van der Waals surface area (Å²) < 4.78 is 92.1. The average Bonchev–Trinajstić information content (AvgIpc) is 2.64. The number of aromatic hydroxyl groups is 2. The maximum absolute atomic E-state index is 15.4. The molecule has 39 heavy (non-hydrogen) atoms. The zero-order chi connectivity index (χ0) is 30.9. The van der Waals surface area contributed by atoms with E-state index in [1.54, 1.807) is 78.6 Å². The van der Waals surface area contributed by atoms with E-state index in [1.807, 2.05) is 0 Å². The van der Waals surface area contributed by atoms with Crippen LogP contribution in [0.15, 0.2) is 24.3 Å². The molecule has 2 rings (SSSR count). The SMILES string of the molecule is C[Si](C)(C)c1cc(C(c2cc([Si](C)(C)C)c(O)c([Si](C)(C)C)c2)(C(F)(F)F)C(F)(F)F)cc([Si](C)(C)C)c1O. The van der Waals surface area contributed by atoms with Crippen LogP contribution in [-0.4, -0.2) is 54.9 Å². The van der Waals surface area contributed by atoms with E-state index in [2.05, 4.69) is 0 Å². The van der Waals surface area contributed by atoms with Gasteiger partial charge in [-0.25, -0.2) is 0 Å². The van der Waals surface area contributed by atoms with Crippen molar-refractivity contribution in [1.29, 1.82) is 0 Å². The fourth-order valence-corrected chi connectivity index (χ4v) is 11.0. The summed E-state index contributed by atoms with van der Waals surface area (Å²) in [6, 6.07) is 3.78. The normalized spacial score (nSPS) is 14.6. The Morgan fingerprint density at radius 1 is 0.436 bits per heavy atom. The maximum atomic E-state index is 15.4. The molecule has 2 nitrogen and oxygen atoms in total. The van der Waals surface area contributed by atoms with E-state index in [0.717, 1.165) is 24.3 Å². The van der Waals surface area contributed by atoms with Crippen LogP contribution in [-0.2, 0) is 5.41 Å². The number of benzene rings is 2. The topological polar surface area (TPSA) is 40.5 Å². The van der Waals surface area contributed by atoms with Crippen molar-refractivity contribution in [2.45, 2.75) is 96.3 Å². The van der Waals surface area contributed by atoms with Crippen LogP contribution >= 0.6 is 0 Å². The molecule has 0 bridgehead atoms. The summed E-state index contributed by atoms with van der Waals surface area (Å²) in [6.07, 6.45) is -11.5. The van der Waals surface area contributed by atoms with E-state index in [9.17, 15) is 10.2 Å². The molecule has 0 aliphatic heterocycles. The third kappa shape index (κ3) is 6.08. The molecule has 0 aliphatic carbocycles. The van der Waals surface area contributed by atoms with Gasteiger partial charge in [-0.1, -0.05) is 103 Å². The van der Waals surface area contributed by atoms with Crippen LogP contribution in [0, 0.1) is 0 Å². The lowest BCUT2D eigenvalue weighted by atomic mass is 9.72. The van der Waals surface area contributed by atoms with Crippen LogP contribution in [0.3, 0.4) is 0 Å². The zero-order valence-corrected chi connectivity index (χ0v) is 29.0. The smallest absolute Gasteiger partial charge is 0.411 e. The summed E-state index contributed by atoms with van der Waals surface area (Å²) in [5.41, 5.74) is -6.21. The van der Waals surface area contributed by atoms with Crippen molar-refractivity contribution in [3.63, 3.8) is 0 Å². The highest BCUT2D eigenvalue weighted by molar-refractivity contribution is 6.93. The van der Waals surface area contributed by atoms with Crippen molar-refractivity contribution in [2.75, 3.05) is 0 Å². The summed E-state index contributed by atoms with van der Waals surface area (Å²) >= 11 is 0. The summed E-state index contributed by atoms with van der Waals surface area (Å²) in [7, 11) is -10.4. The second-order valence-corrected chi connectivity index (χ2v) is 34.7. The largest absolute Gasteiger partial charge is 0.508 e. The van der Waals surface area contributed by atoms with Crippen molar-refractivity contribution in [1.82, 2.24) is 0 Å². The number of hydrogen-bond acceptors (Lipinski definition) is 2. The third-order valence-electron chi connectivity index (χ3n) is 7.17. The molecule has 0 aromatic heterocycles. The molecule has 0 fully saturated rings. The molecule has 0 saturated heterocycles. The van der Waals surface area contributed by atoms with E-state index in [4.69, 9.17) is 0 Å². The molecule has 2 N–H and O–H groups in total. The second kappa shape index (κ2) is 9.80. The predicted molar refractivity (Wildman–Crippen MR) is 161 cm³/mol. The Bertz CT molecular complexity index is 1070. The van der Waals surface area contributed by atoms with Gasteiger partial charge in [-0.2, -0.15) is 26.3 Å². The van der Waals surface area contributed by atoms with Gasteiger partial charge >= 0.3 is 12.4 Å². The fourth-order valence-electron chi connectivity index (χ4n) is 4.97. The molecule has 12 heteroatoms. The minimum atomic E-state index is -5.76. The fraction of sp³-hybridized carbons (Fsp3) is 0.556. The Morgan fingerprint density at radius 2 is 0.615 bits per heavy atom. The molecular weight excluding hydrogens is 583 g/mol. The van der Waals surface area contributed by atoms with E-state index in [1.165, 1.54) is 0 Å². The molecule has 0 heterocycles. The van der Waals surface area contributed by atoms with E-state index in [-0.39, 0.29) is 32.2 Å². The molecule has 220 valence electrons. The number of alkyl halides is 6. The Balaban J connectivity index is 3.39. The third-order valence-corrected chi connectivity index (χ3v) is 15.2. The molecular formula is C27H42F6O2Si4. The van der Waals surface area contributed by atoms with Crippen molar-refractivity contribution in [3.8, 4) is 11.5 Å². The van der Waals surface area contributed by atoms with Crippen molar-refractivity contribution in [2.24, 2.45) is 0 Å². The highest BCUT2D eigenvalue weighted by Gasteiger charge is 2.73. The summed E-state index contributed by atoms with van der Waals surface area (Å²) in [5, 5.41) is 23.0. The van der Waals surface area contributed by atoms with Crippen molar-refractivity contribution < 1.29 is 36.6 Å². The van der Waals surface area contributed by atoms with Gasteiger partial charge in [0.05, 0.1) is 32.3 Å². The van der Waals surface area contributed by atoms with Crippen LogP contribution in [0.25, 0.3) is 0 Å². The van der Waals surface area contributed by atoms with Crippen LogP contribution in [0.1, 0.15) is 11.1 Å². The van der Waals surface area contributed by atoms with Gasteiger partial charge in [-0.15, -0.1) is 0 Å². The van der Waals surface area contributed by atoms with Gasteiger partial charge in [-0.3, -0.25) is 0 Å². The lowest BCUT2D eigenvalue weighted by molar-refractivity contribution is -0.288. The number of phenols is 2. The number of phenolic OH excluding ortho intramolecular Hbond substituents is 2. The van der Waals surface area contributed by atoms with Crippen LogP contribution in [0.5, 0.6) is 11.5 Å². The van der Waals surface area contributed by atoms with Crippen LogP contribution < -0.4 is 20.7 Å². The number of hydrogen-bond donors (Lipinski definition) is 2. The van der Waals surface area contributed by atoms with Crippen molar-refractivity contribution >= 4 is 53.0 Å². The maximum Gasteiger partial charge on any atom is 0.411 e. The Hall–Kier alpha value is -1.51. The van der Waals surface area contributed by atoms with Gasteiger partial charge in [-0.05, 0) is 31.9 Å². The Labute approximate surface area is 232 Å². The molecule has 0 saturated carbocycles. The Kier molecular flexibility index (Phi) is 8.46. The van der Waals surface area contributed by atoms with E-state index < -0.39 is 61.2 Å². The van der Waals surface area contributed by atoms with Gasteiger partial charge in [0, 0.05) is 0 Å². The van der Waals surface area contributed by atoms with Gasteiger partial charge in [0.1, 0.15) is 11.5 Å². The zero-order valence-electron chi connectivity index (χ0n) is 25.0. The summed E-state index contributed by atoms with van der Waals surface area (Å²) in [6.45, 7) is 21.5. The first kappa shape index (κ1) is 33.7. The predicted octanol–water partition coefficient (Wildman–Crippen LogP) is 6.69. The van der Waals surface area contributed by atoms with Crippen molar-refractivity contribution in [3.05, 3.63) is 35.4 Å². The number of rotatable bonds is 6. The minimum absolute atomic E-state index is 0.171. The molecule has 0 spiro atoms. The Morgan fingerprint density at radius 3 is 0.744 bits per heavy atom. The summed E-state index contributed by atoms with van der Waals surface area (Å²) in [5.74, 6) is -0.377. The molecule has 0 amide bonds. The average molecular weight is 625 g/mol. The molecule has 0 unspecified atom stereocenters. The molecule has 2 aromatic rings. The highest BCUT2D eigenvalue weighted by atomic mass is 28.3. The molecule has 0 atom stereocenters. The second-order valence-electron chi connectivity index (χ2n) is 14.6. The molecule has 0 radical (unpaired) electrons. The van der Waals surface area contributed by atoms with Gasteiger partial charge < -0.3 is 10.2 Å². The first-order valence-corrected chi connectivity index (χ1v) is 26.9. The van der Waals surface area contributed by atoms with Gasteiger partial charge in [0.2, 0.25) is 5.41 Å². The highest BCUT2D eigenvalue weighted by Crippen LogP contribution is 2.56. The molecule has 2 aromatic carbocycles. The van der Waals surface area contributed by atoms with Gasteiger partial charge in [0.25, 0.3) is 0 Å². The minimum Gasteiger partial charge on any atom is -0.508 e. The lowest BCUT2D eigenvalue weighted by Crippen LogP contribution is -2.58. The molecule has 0 aliphatic rings. The first-order valence-electron chi connectivity index (χ1n) is 12.9. The first-order chi connectivity index (χ1) is 17.0. The van der Waals surface area contributed by atoms with E-state index in [0.29, 0.717) is 0 Å². The summed E-state index contributed by atoms with van der Waals surface area (Å²) in [4.78, 5) is 0. The van der Waals surface area contributed by atoms with E-state index >= 15 is 26.3 Å². The standard InChI is InChI=1S/C27H42F6O2Si4/c1-36(2,3)19-13-17(14-20(23(19)34)37(4,5)6)25(26(28,29)30,27(31,32)33)18-15-21(38(7,8)9)24(35)22(16-18)39(10,11)12/h13-16,34-35H,1-12H3. The monoisotopic (exact) mass is 624 g/mol. The van der Waals surface area contributed by atoms with Gasteiger partial charge in [0.15, 0.2) is 0 Å². The van der Waals surface area contributed by atoms with Crippen LogP contribution in [0.2, 0.25) is 78.6 Å². The van der Waals surface area contributed by atoms with Crippen LogP contribution in [0.4, 0.5) is 26.3 Å². The number of halogens is 6. The lowest BCUT2D eigenvalue weighted by Gasteiger charge is -2.41. The quantitative estimate of drug-likeness (QED) is 0.278.